The molecule has 2 N–H and O–H groups in total. The van der Waals surface area contributed by atoms with E-state index in [-0.39, 0.29) is 11.0 Å². The van der Waals surface area contributed by atoms with Crippen LogP contribution in [0.25, 0.3) is 6.08 Å². The van der Waals surface area contributed by atoms with Crippen molar-refractivity contribution in [2.45, 2.75) is 6.92 Å². The predicted octanol–water partition coefficient (Wildman–Crippen LogP) is 4.35. The van der Waals surface area contributed by atoms with Crippen LogP contribution in [0.5, 0.6) is 0 Å². The van der Waals surface area contributed by atoms with Gasteiger partial charge in [-0.3, -0.25) is 10.1 Å². The second-order valence-electron chi connectivity index (χ2n) is 4.28. The van der Waals surface area contributed by atoms with Crippen LogP contribution in [0.15, 0.2) is 46.3 Å². The van der Waals surface area contributed by atoms with E-state index < -0.39 is 0 Å². The van der Waals surface area contributed by atoms with Crippen LogP contribution in [0.1, 0.15) is 10.4 Å². The van der Waals surface area contributed by atoms with Crippen molar-refractivity contribution in [1.29, 1.82) is 0 Å². The van der Waals surface area contributed by atoms with E-state index in [4.69, 9.17) is 12.2 Å². The number of rotatable bonds is 3. The van der Waals surface area contributed by atoms with E-state index in [2.05, 4.69) is 26.6 Å². The summed E-state index contributed by atoms with van der Waals surface area (Å²) in [6.45, 7) is 2.00. The van der Waals surface area contributed by atoms with Gasteiger partial charge in [-0.05, 0) is 70.3 Å². The second-order valence-corrected chi connectivity index (χ2v) is 6.52. The molecule has 0 bridgehead atoms. The molecule has 1 heterocycles. The minimum atomic E-state index is -0.260. The van der Waals surface area contributed by atoms with Gasteiger partial charge in [-0.1, -0.05) is 12.1 Å². The van der Waals surface area contributed by atoms with E-state index in [1.807, 2.05) is 42.6 Å². The van der Waals surface area contributed by atoms with E-state index in [1.54, 1.807) is 17.4 Å². The molecule has 0 aliphatic carbocycles. The molecular formula is C15H13BrN2OS2. The molecule has 2 aromatic rings. The Bertz CT molecular complexity index is 681. The fourth-order valence-corrected chi connectivity index (χ4v) is 2.99. The van der Waals surface area contributed by atoms with Crippen molar-refractivity contribution in [3.63, 3.8) is 0 Å². The first-order valence-corrected chi connectivity index (χ1v) is 8.22. The maximum Gasteiger partial charge on any atom is 0.250 e. The molecule has 0 atom stereocenters. The Balaban J connectivity index is 1.90. The van der Waals surface area contributed by atoms with Gasteiger partial charge in [-0.2, -0.15) is 0 Å². The van der Waals surface area contributed by atoms with Gasteiger partial charge in [0.05, 0.1) is 5.69 Å². The summed E-state index contributed by atoms with van der Waals surface area (Å²) in [7, 11) is 0. The monoisotopic (exact) mass is 380 g/mol. The van der Waals surface area contributed by atoms with Crippen molar-refractivity contribution >= 4 is 62.3 Å². The fourth-order valence-electron chi connectivity index (χ4n) is 1.57. The van der Waals surface area contributed by atoms with Crippen molar-refractivity contribution in [2.75, 3.05) is 5.32 Å². The first-order chi connectivity index (χ1) is 10.0. The quantitative estimate of drug-likeness (QED) is 0.614. The van der Waals surface area contributed by atoms with Gasteiger partial charge in [0.2, 0.25) is 5.91 Å². The molecule has 0 aliphatic heterocycles. The summed E-state index contributed by atoms with van der Waals surface area (Å²) >= 11 is 10.1. The zero-order chi connectivity index (χ0) is 15.2. The Hall–Kier alpha value is -1.50. The standard InChI is InChI=1S/C15H13BrN2OS2/c1-10-4-6-13(12(16)9-10)17-15(20)18-14(19)7-5-11-3-2-8-21-11/h2-9H,1H3,(H2,17,18,19,20). The summed E-state index contributed by atoms with van der Waals surface area (Å²) < 4.78 is 0.897. The molecule has 21 heavy (non-hydrogen) atoms. The molecule has 0 radical (unpaired) electrons. The van der Waals surface area contributed by atoms with Crippen LogP contribution in [0, 0.1) is 6.92 Å². The molecule has 0 spiro atoms. The van der Waals surface area contributed by atoms with E-state index in [9.17, 15) is 4.79 Å². The number of anilines is 1. The molecule has 1 amide bonds. The maximum atomic E-state index is 11.7. The normalized spacial score (nSPS) is 10.6. The molecule has 0 unspecified atom stereocenters. The molecule has 0 aliphatic rings. The number of hydrogen-bond acceptors (Lipinski definition) is 3. The number of hydrogen-bond donors (Lipinski definition) is 2. The summed E-state index contributed by atoms with van der Waals surface area (Å²) in [4.78, 5) is 12.8. The Morgan fingerprint density at radius 3 is 2.86 bits per heavy atom. The van der Waals surface area contributed by atoms with Gasteiger partial charge >= 0.3 is 0 Å². The van der Waals surface area contributed by atoms with Gasteiger partial charge in [-0.15, -0.1) is 11.3 Å². The number of carbonyl (C=O) groups is 1. The number of aryl methyl sites for hydroxylation is 1. The van der Waals surface area contributed by atoms with Crippen LogP contribution in [0.4, 0.5) is 5.69 Å². The first kappa shape index (κ1) is 15.9. The van der Waals surface area contributed by atoms with E-state index in [0.29, 0.717) is 0 Å². The van der Waals surface area contributed by atoms with Gasteiger partial charge in [0.15, 0.2) is 5.11 Å². The van der Waals surface area contributed by atoms with Gasteiger partial charge in [0.1, 0.15) is 0 Å². The van der Waals surface area contributed by atoms with Gasteiger partial charge in [-0.25, -0.2) is 0 Å². The molecule has 0 saturated heterocycles. The predicted molar refractivity (Wildman–Crippen MR) is 96.6 cm³/mol. The molecule has 1 aromatic carbocycles. The molecule has 3 nitrogen and oxygen atoms in total. The third kappa shape index (κ3) is 5.08. The SMILES string of the molecule is Cc1ccc(NC(=S)NC(=O)C=Cc2cccs2)c(Br)c1. The number of carbonyl (C=O) groups excluding carboxylic acids is 1. The van der Waals surface area contributed by atoms with Crippen LogP contribution < -0.4 is 10.6 Å². The van der Waals surface area contributed by atoms with Crippen molar-refractivity contribution in [1.82, 2.24) is 5.32 Å². The lowest BCUT2D eigenvalue weighted by Gasteiger charge is -2.10. The number of thiophene rings is 1. The van der Waals surface area contributed by atoms with Crippen molar-refractivity contribution in [2.24, 2.45) is 0 Å². The van der Waals surface area contributed by atoms with Crippen LogP contribution in [-0.2, 0) is 4.79 Å². The summed E-state index contributed by atoms with van der Waals surface area (Å²) in [6, 6.07) is 9.72. The molecule has 0 fully saturated rings. The highest BCUT2D eigenvalue weighted by Crippen LogP contribution is 2.23. The highest BCUT2D eigenvalue weighted by Gasteiger charge is 2.04. The molecule has 0 saturated carbocycles. The summed E-state index contributed by atoms with van der Waals surface area (Å²) in [5.41, 5.74) is 1.95. The van der Waals surface area contributed by atoms with Crippen molar-refractivity contribution in [3.8, 4) is 0 Å². The smallest absolute Gasteiger partial charge is 0.250 e. The Kier molecular flexibility index (Phi) is 5.67. The fraction of sp³-hybridized carbons (Fsp3) is 0.0667. The van der Waals surface area contributed by atoms with Crippen molar-refractivity contribution in [3.05, 3.63) is 56.7 Å². The third-order valence-electron chi connectivity index (χ3n) is 2.55. The van der Waals surface area contributed by atoms with Crippen molar-refractivity contribution < 1.29 is 4.79 Å². The van der Waals surface area contributed by atoms with Crippen LogP contribution in [0.3, 0.4) is 0 Å². The summed E-state index contributed by atoms with van der Waals surface area (Å²) in [6.07, 6.45) is 3.22. The van der Waals surface area contributed by atoms with Crippen LogP contribution in [-0.4, -0.2) is 11.0 Å². The Morgan fingerprint density at radius 2 is 2.19 bits per heavy atom. The molecule has 108 valence electrons. The van der Waals surface area contributed by atoms with Gasteiger partial charge in [0, 0.05) is 15.4 Å². The molecular weight excluding hydrogens is 368 g/mol. The van der Waals surface area contributed by atoms with E-state index in [1.165, 1.54) is 6.08 Å². The zero-order valence-electron chi connectivity index (χ0n) is 11.2. The zero-order valence-corrected chi connectivity index (χ0v) is 14.4. The number of nitrogens with one attached hydrogen (secondary N) is 2. The maximum absolute atomic E-state index is 11.7. The number of thiocarbonyl (C=S) groups is 1. The lowest BCUT2D eigenvalue weighted by atomic mass is 10.2. The summed E-state index contributed by atoms with van der Waals surface area (Å²) in [5.74, 6) is -0.260. The number of halogens is 1. The number of amides is 1. The van der Waals surface area contributed by atoms with Crippen LogP contribution in [0.2, 0.25) is 0 Å². The largest absolute Gasteiger partial charge is 0.331 e. The first-order valence-electron chi connectivity index (χ1n) is 6.14. The van der Waals surface area contributed by atoms with E-state index >= 15 is 0 Å². The van der Waals surface area contributed by atoms with Gasteiger partial charge < -0.3 is 5.32 Å². The average molecular weight is 381 g/mol. The lowest BCUT2D eigenvalue weighted by molar-refractivity contribution is -0.115. The molecule has 6 heteroatoms. The minimum Gasteiger partial charge on any atom is -0.331 e. The van der Waals surface area contributed by atoms with Crippen LogP contribution >= 0.6 is 39.5 Å². The highest BCUT2D eigenvalue weighted by atomic mass is 79.9. The topological polar surface area (TPSA) is 41.1 Å². The van der Waals surface area contributed by atoms with E-state index in [0.717, 1.165) is 20.6 Å². The van der Waals surface area contributed by atoms with Gasteiger partial charge in [0.25, 0.3) is 0 Å². The lowest BCUT2D eigenvalue weighted by Crippen LogP contribution is -2.32. The minimum absolute atomic E-state index is 0.260. The Labute approximate surface area is 141 Å². The molecule has 2 rings (SSSR count). The Morgan fingerprint density at radius 1 is 1.38 bits per heavy atom. The average Bonchev–Trinajstić information content (AvgIpc) is 2.93. The number of benzene rings is 1. The highest BCUT2D eigenvalue weighted by molar-refractivity contribution is 9.10. The summed E-state index contributed by atoms with van der Waals surface area (Å²) in [5, 5.41) is 7.82. The second kappa shape index (κ2) is 7.49. The molecule has 1 aromatic heterocycles. The third-order valence-corrected chi connectivity index (χ3v) is 4.25.